The Morgan fingerprint density at radius 1 is 2.00 bits per heavy atom. The summed E-state index contributed by atoms with van der Waals surface area (Å²) in [6.07, 6.45) is 1.59. The van der Waals surface area contributed by atoms with E-state index in [-0.39, 0.29) is 0 Å². The van der Waals surface area contributed by atoms with Crippen molar-refractivity contribution in [2.24, 2.45) is 0 Å². The molecule has 34 valence electrons. The molecule has 0 aliphatic carbocycles. The third-order valence-electron chi connectivity index (χ3n) is 0.256. The van der Waals surface area contributed by atoms with Gasteiger partial charge in [-0.2, -0.15) is 0 Å². The predicted molar refractivity (Wildman–Crippen MR) is 25.2 cm³/mol. The Morgan fingerprint density at radius 3 is 2.83 bits per heavy atom. The van der Waals surface area contributed by atoms with Crippen molar-refractivity contribution in [3.05, 3.63) is 18.7 Å². The van der Waals surface area contributed by atoms with Crippen molar-refractivity contribution in [2.45, 2.75) is 0 Å². The molecule has 0 rings (SSSR count). The summed E-state index contributed by atoms with van der Waals surface area (Å²) in [7, 11) is 0. The lowest BCUT2D eigenvalue weighted by Crippen LogP contribution is -1.78. The molecule has 0 fully saturated rings. The number of hydrogen-bond donors (Lipinski definition) is 0. The second kappa shape index (κ2) is 4.99. The molecule has 0 heterocycles. The van der Waals surface area contributed by atoms with E-state index in [1.807, 2.05) is 6.07 Å². The third kappa shape index (κ3) is 3.99. The van der Waals surface area contributed by atoms with Crippen molar-refractivity contribution >= 4 is 11.6 Å². The Kier molecular flexibility index (Phi) is 4.98. The van der Waals surface area contributed by atoms with Crippen LogP contribution in [0.5, 0.6) is 0 Å². The van der Waals surface area contributed by atoms with Crippen LogP contribution >= 0.6 is 11.6 Å². The fourth-order valence-corrected chi connectivity index (χ4v) is 0.153. The van der Waals surface area contributed by atoms with Crippen LogP contribution in [0.4, 0.5) is 0 Å². The minimum Gasteiger partial charge on any atom is -0.348 e. The van der Waals surface area contributed by atoms with Crippen molar-refractivity contribution in [1.29, 1.82) is 0 Å². The van der Waals surface area contributed by atoms with Gasteiger partial charge in [0.15, 0.2) is 0 Å². The van der Waals surface area contributed by atoms with Crippen molar-refractivity contribution in [1.82, 2.24) is 0 Å². The molecule has 0 aromatic carbocycles. The van der Waals surface area contributed by atoms with Crippen LogP contribution in [0.2, 0.25) is 0 Å². The molecule has 0 N–H and O–H groups in total. The van der Waals surface area contributed by atoms with Gasteiger partial charge in [0.05, 0.1) is 6.61 Å². The van der Waals surface area contributed by atoms with E-state index in [2.05, 4.69) is 11.3 Å². The highest BCUT2D eigenvalue weighted by molar-refractivity contribution is 6.22. The molecule has 1 nitrogen and oxygen atoms in total. The molecule has 6 heavy (non-hydrogen) atoms. The summed E-state index contributed by atoms with van der Waals surface area (Å²) in [5.41, 5.74) is 0. The fraction of sp³-hybridized carbons (Fsp3) is 0.250. The van der Waals surface area contributed by atoms with Crippen LogP contribution in [-0.2, 0) is 4.74 Å². The van der Waals surface area contributed by atoms with Crippen molar-refractivity contribution in [2.75, 3.05) is 6.61 Å². The second-order valence-corrected chi connectivity index (χ2v) is 0.831. The van der Waals surface area contributed by atoms with E-state index < -0.39 is 0 Å². The zero-order valence-electron chi connectivity index (χ0n) is 3.28. The SMILES string of the molecule is C=CCO[C]Cl. The lowest BCUT2D eigenvalue weighted by atomic mass is 10.7. The zero-order valence-corrected chi connectivity index (χ0v) is 4.03. The van der Waals surface area contributed by atoms with Crippen molar-refractivity contribution in [3.8, 4) is 0 Å². The van der Waals surface area contributed by atoms with Crippen LogP contribution < -0.4 is 0 Å². The molecule has 0 saturated heterocycles. The topological polar surface area (TPSA) is 9.23 Å². The van der Waals surface area contributed by atoms with Crippen LogP contribution in [0, 0.1) is 6.07 Å². The highest BCUT2D eigenvalue weighted by Gasteiger charge is 1.73. The molecule has 0 aromatic heterocycles. The summed E-state index contributed by atoms with van der Waals surface area (Å²) >= 11 is 4.86. The first-order chi connectivity index (χ1) is 2.91. The Hall–Kier alpha value is -0.0100. The monoisotopic (exact) mass is 104 g/mol. The molecule has 2 heteroatoms. The molecule has 0 amide bonds. The maximum Gasteiger partial charge on any atom is 0.237 e. The number of hydrogen-bond acceptors (Lipinski definition) is 1. The Bertz CT molecular complexity index is 36.5. The summed E-state index contributed by atoms with van der Waals surface area (Å²) in [5, 5.41) is 0. The molecular weight excluding hydrogens is 99.5 g/mol. The summed E-state index contributed by atoms with van der Waals surface area (Å²) < 4.78 is 4.38. The van der Waals surface area contributed by atoms with Gasteiger partial charge in [0, 0.05) is 0 Å². The van der Waals surface area contributed by atoms with E-state index >= 15 is 0 Å². The van der Waals surface area contributed by atoms with E-state index in [0.717, 1.165) is 0 Å². The van der Waals surface area contributed by atoms with E-state index in [0.29, 0.717) is 6.61 Å². The quantitative estimate of drug-likeness (QED) is 0.389. The van der Waals surface area contributed by atoms with Crippen LogP contribution in [0.1, 0.15) is 0 Å². The van der Waals surface area contributed by atoms with Gasteiger partial charge in [-0.25, -0.2) is 0 Å². The van der Waals surface area contributed by atoms with Crippen LogP contribution in [0.25, 0.3) is 0 Å². The Balaban J connectivity index is 2.49. The van der Waals surface area contributed by atoms with Crippen molar-refractivity contribution in [3.63, 3.8) is 0 Å². The minimum absolute atomic E-state index is 0.434. The molecule has 0 saturated carbocycles. The van der Waals surface area contributed by atoms with Gasteiger partial charge in [-0.05, 0) is 0 Å². The predicted octanol–water partition coefficient (Wildman–Crippen LogP) is 1.42. The summed E-state index contributed by atoms with van der Waals surface area (Å²) in [6.45, 7) is 3.81. The summed E-state index contributed by atoms with van der Waals surface area (Å²) in [5.74, 6) is 0. The number of halogens is 1. The fourth-order valence-electron chi connectivity index (χ4n) is 0.0904. The lowest BCUT2D eigenvalue weighted by Gasteiger charge is -1.83. The molecular formula is C4H5ClO. The normalized spacial score (nSPS) is 8.17. The van der Waals surface area contributed by atoms with Gasteiger partial charge in [-0.1, -0.05) is 17.7 Å². The summed E-state index contributed by atoms with van der Waals surface area (Å²) in [4.78, 5) is 0. The highest BCUT2D eigenvalue weighted by atomic mass is 35.5. The molecule has 0 aliphatic rings. The molecule has 0 bridgehead atoms. The largest absolute Gasteiger partial charge is 0.348 e. The second-order valence-electron chi connectivity index (χ2n) is 0.677. The molecule has 0 spiro atoms. The van der Waals surface area contributed by atoms with Crippen molar-refractivity contribution < 1.29 is 4.74 Å². The van der Waals surface area contributed by atoms with Gasteiger partial charge in [0.25, 0.3) is 0 Å². The highest BCUT2D eigenvalue weighted by Crippen LogP contribution is 1.84. The molecule has 0 aromatic rings. The summed E-state index contributed by atoms with van der Waals surface area (Å²) in [6, 6.07) is 1.97. The van der Waals surface area contributed by atoms with Crippen LogP contribution in [-0.4, -0.2) is 6.61 Å². The maximum atomic E-state index is 4.86. The average Bonchev–Trinajstić information content (AvgIpc) is 1.61. The number of rotatable bonds is 3. The first-order valence-corrected chi connectivity index (χ1v) is 1.88. The van der Waals surface area contributed by atoms with Gasteiger partial charge >= 0.3 is 0 Å². The first kappa shape index (κ1) is 5.99. The standard InChI is InChI=1S/C4H5ClO/c1-2-3-6-4-5/h2H,1,3H2. The van der Waals surface area contributed by atoms with E-state index in [1.54, 1.807) is 6.08 Å². The Labute approximate surface area is 42.6 Å². The molecule has 0 aliphatic heterocycles. The van der Waals surface area contributed by atoms with Gasteiger partial charge < -0.3 is 4.74 Å². The molecule has 0 atom stereocenters. The molecule has 2 radical (unpaired) electrons. The smallest absolute Gasteiger partial charge is 0.237 e. The first-order valence-electron chi connectivity index (χ1n) is 1.50. The van der Waals surface area contributed by atoms with Gasteiger partial charge in [0.1, 0.15) is 0 Å². The van der Waals surface area contributed by atoms with Gasteiger partial charge in [-0.3, -0.25) is 0 Å². The van der Waals surface area contributed by atoms with Gasteiger partial charge in [-0.15, -0.1) is 6.58 Å². The number of ether oxygens (including phenoxy) is 1. The zero-order chi connectivity index (χ0) is 4.83. The van der Waals surface area contributed by atoms with Crippen LogP contribution in [0.3, 0.4) is 0 Å². The average molecular weight is 105 g/mol. The minimum atomic E-state index is 0.434. The van der Waals surface area contributed by atoms with Gasteiger partial charge in [0.2, 0.25) is 6.07 Å². The van der Waals surface area contributed by atoms with E-state index in [1.165, 1.54) is 0 Å². The Morgan fingerprint density at radius 2 is 2.67 bits per heavy atom. The maximum absolute atomic E-state index is 4.86. The van der Waals surface area contributed by atoms with E-state index in [9.17, 15) is 0 Å². The van der Waals surface area contributed by atoms with Crippen LogP contribution in [0.15, 0.2) is 12.7 Å². The van der Waals surface area contributed by atoms with E-state index in [4.69, 9.17) is 11.6 Å². The third-order valence-corrected chi connectivity index (χ3v) is 0.365. The lowest BCUT2D eigenvalue weighted by molar-refractivity contribution is 0.266. The molecule has 0 unspecified atom stereocenters.